The summed E-state index contributed by atoms with van der Waals surface area (Å²) in [7, 11) is 0. The quantitative estimate of drug-likeness (QED) is 0.0848. The summed E-state index contributed by atoms with van der Waals surface area (Å²) in [5.74, 6) is -0.811. The molecule has 0 spiro atoms. The zero-order chi connectivity index (χ0) is 33.8. The van der Waals surface area contributed by atoms with Crippen molar-refractivity contribution in [3.8, 4) is 11.3 Å². The predicted octanol–water partition coefficient (Wildman–Crippen LogP) is 9.28. The second-order valence-electron chi connectivity index (χ2n) is 10.3. The van der Waals surface area contributed by atoms with Crippen molar-refractivity contribution in [3.05, 3.63) is 135 Å². The van der Waals surface area contributed by atoms with E-state index in [1.165, 1.54) is 0 Å². The van der Waals surface area contributed by atoms with Gasteiger partial charge in [-0.2, -0.15) is 5.10 Å². The topological polar surface area (TPSA) is 91.7 Å². The standard InChI is InChI=1S/C20H20N2O2.C17H17Cl2NO3/c1-3-24-20(23)18-15(2)21-22(14-16-10-6-4-7-11-16)19(18)17-12-8-5-9-13-17;1-3-22-10-23-17(21)12-6-4-5-7-14(12)20-16-13(18)9-8-11(2)15(16)19/h4-13H,3,14H2,1-2H3;4-9,20H,3,10H2,1-2H3. The number of anilines is 2. The molecule has 0 aliphatic carbocycles. The summed E-state index contributed by atoms with van der Waals surface area (Å²) < 4.78 is 17.2. The Labute approximate surface area is 285 Å². The van der Waals surface area contributed by atoms with Gasteiger partial charge in [-0.3, -0.25) is 4.68 Å². The lowest BCUT2D eigenvalue weighted by Crippen LogP contribution is -2.11. The lowest BCUT2D eigenvalue weighted by Gasteiger charge is -2.15. The van der Waals surface area contributed by atoms with E-state index in [0.717, 1.165) is 22.4 Å². The molecule has 0 bridgehead atoms. The molecular formula is C37H37Cl2N3O5. The number of hydrogen-bond acceptors (Lipinski definition) is 7. The highest BCUT2D eigenvalue weighted by molar-refractivity contribution is 6.39. The number of esters is 2. The van der Waals surface area contributed by atoms with E-state index in [4.69, 9.17) is 37.4 Å². The van der Waals surface area contributed by atoms with Crippen LogP contribution in [-0.2, 0) is 20.8 Å². The smallest absolute Gasteiger partial charge is 0.342 e. The fraction of sp³-hybridized carbons (Fsp3) is 0.216. The minimum Gasteiger partial charge on any atom is -0.462 e. The first kappa shape index (κ1) is 35.2. The van der Waals surface area contributed by atoms with Crippen molar-refractivity contribution >= 4 is 46.5 Å². The number of halogens is 2. The van der Waals surface area contributed by atoms with Gasteiger partial charge < -0.3 is 19.5 Å². The maximum absolute atomic E-state index is 12.4. The van der Waals surface area contributed by atoms with Crippen molar-refractivity contribution < 1.29 is 23.8 Å². The Morgan fingerprint density at radius 1 is 0.787 bits per heavy atom. The first-order valence-corrected chi connectivity index (χ1v) is 15.9. The molecule has 0 saturated carbocycles. The van der Waals surface area contributed by atoms with Crippen LogP contribution in [0.3, 0.4) is 0 Å². The first-order valence-electron chi connectivity index (χ1n) is 15.1. The average molecular weight is 675 g/mol. The molecule has 10 heteroatoms. The fourth-order valence-electron chi connectivity index (χ4n) is 4.72. The van der Waals surface area contributed by atoms with E-state index in [2.05, 4.69) is 22.5 Å². The summed E-state index contributed by atoms with van der Waals surface area (Å²) in [6.45, 7) is 8.69. The molecule has 0 fully saturated rings. The highest BCUT2D eigenvalue weighted by Crippen LogP contribution is 2.36. The van der Waals surface area contributed by atoms with Gasteiger partial charge in [-0.05, 0) is 57.0 Å². The van der Waals surface area contributed by atoms with Crippen LogP contribution in [0, 0.1) is 13.8 Å². The van der Waals surface area contributed by atoms with Gasteiger partial charge in [0.05, 0.1) is 51.5 Å². The molecule has 47 heavy (non-hydrogen) atoms. The van der Waals surface area contributed by atoms with Gasteiger partial charge in [-0.15, -0.1) is 0 Å². The molecule has 244 valence electrons. The predicted molar refractivity (Wildman–Crippen MR) is 187 cm³/mol. The van der Waals surface area contributed by atoms with E-state index in [9.17, 15) is 9.59 Å². The van der Waals surface area contributed by atoms with Crippen LogP contribution < -0.4 is 5.32 Å². The Kier molecular flexibility index (Phi) is 13.0. The lowest BCUT2D eigenvalue weighted by atomic mass is 10.1. The van der Waals surface area contributed by atoms with Crippen LogP contribution in [0.15, 0.2) is 97.1 Å². The Bertz CT molecular complexity index is 1790. The Morgan fingerprint density at radius 2 is 1.45 bits per heavy atom. The molecule has 5 rings (SSSR count). The van der Waals surface area contributed by atoms with Gasteiger partial charge in [-0.1, -0.05) is 102 Å². The summed E-state index contributed by atoms with van der Waals surface area (Å²) in [4.78, 5) is 24.6. The van der Waals surface area contributed by atoms with E-state index < -0.39 is 5.97 Å². The van der Waals surface area contributed by atoms with E-state index in [-0.39, 0.29) is 12.8 Å². The molecule has 8 nitrogen and oxygen atoms in total. The normalized spacial score (nSPS) is 10.5. The number of aromatic nitrogens is 2. The fourth-order valence-corrected chi connectivity index (χ4v) is 5.19. The molecule has 1 N–H and O–H groups in total. The van der Waals surface area contributed by atoms with Gasteiger partial charge in [0, 0.05) is 12.2 Å². The van der Waals surface area contributed by atoms with E-state index in [1.54, 1.807) is 30.3 Å². The average Bonchev–Trinajstić information content (AvgIpc) is 3.41. The third-order valence-corrected chi connectivity index (χ3v) is 7.80. The van der Waals surface area contributed by atoms with Gasteiger partial charge >= 0.3 is 11.9 Å². The molecule has 0 saturated heterocycles. The molecule has 0 aliphatic rings. The maximum Gasteiger partial charge on any atom is 0.342 e. The van der Waals surface area contributed by atoms with Crippen molar-refractivity contribution in [2.75, 3.05) is 25.3 Å². The highest BCUT2D eigenvalue weighted by atomic mass is 35.5. The van der Waals surface area contributed by atoms with Gasteiger partial charge in [-0.25, -0.2) is 9.59 Å². The molecule has 0 radical (unpaired) electrons. The summed E-state index contributed by atoms with van der Waals surface area (Å²) in [6, 6.07) is 30.5. The third kappa shape index (κ3) is 9.23. The van der Waals surface area contributed by atoms with Gasteiger partial charge in [0.2, 0.25) is 0 Å². The number of nitrogens with one attached hydrogen (secondary N) is 1. The molecule has 0 amide bonds. The van der Waals surface area contributed by atoms with Crippen molar-refractivity contribution in [2.24, 2.45) is 0 Å². The molecule has 4 aromatic carbocycles. The van der Waals surface area contributed by atoms with E-state index in [0.29, 0.717) is 58.0 Å². The van der Waals surface area contributed by atoms with Gasteiger partial charge in [0.1, 0.15) is 5.56 Å². The number of nitrogens with zero attached hydrogens (tertiary/aromatic N) is 2. The molecule has 1 aromatic heterocycles. The van der Waals surface area contributed by atoms with Crippen LogP contribution >= 0.6 is 23.2 Å². The molecule has 0 unspecified atom stereocenters. The molecule has 5 aromatic rings. The monoisotopic (exact) mass is 673 g/mol. The third-order valence-electron chi connectivity index (χ3n) is 7.00. The lowest BCUT2D eigenvalue weighted by molar-refractivity contribution is -0.0273. The van der Waals surface area contributed by atoms with Gasteiger partial charge in [0.25, 0.3) is 0 Å². The van der Waals surface area contributed by atoms with Crippen LogP contribution in [0.1, 0.15) is 51.4 Å². The zero-order valence-corrected chi connectivity index (χ0v) is 28.3. The van der Waals surface area contributed by atoms with Gasteiger partial charge in [0.15, 0.2) is 6.79 Å². The Morgan fingerprint density at radius 3 is 2.13 bits per heavy atom. The van der Waals surface area contributed by atoms with E-state index in [1.807, 2.05) is 87.0 Å². The number of aryl methyl sites for hydroxylation is 2. The van der Waals surface area contributed by atoms with Crippen LogP contribution in [0.4, 0.5) is 11.4 Å². The summed E-state index contributed by atoms with van der Waals surface area (Å²) in [5.41, 5.74) is 6.49. The second kappa shape index (κ2) is 17.3. The molecule has 0 atom stereocenters. The zero-order valence-electron chi connectivity index (χ0n) is 26.8. The SMILES string of the molecule is CCOC(=O)c1c(C)nn(Cc2ccccc2)c1-c1ccccc1.CCOCOC(=O)c1ccccc1Nc1c(Cl)ccc(C)c1Cl. The van der Waals surface area contributed by atoms with Crippen LogP contribution in [0.5, 0.6) is 0 Å². The van der Waals surface area contributed by atoms with Crippen LogP contribution in [0.25, 0.3) is 11.3 Å². The second-order valence-corrected chi connectivity index (χ2v) is 11.1. The number of para-hydroxylation sites is 1. The van der Waals surface area contributed by atoms with Crippen LogP contribution in [-0.4, -0.2) is 41.7 Å². The number of hydrogen-bond donors (Lipinski definition) is 1. The number of carbonyl (C=O) groups excluding carboxylic acids is 2. The van der Waals surface area contributed by atoms with Crippen LogP contribution in [0.2, 0.25) is 10.0 Å². The summed E-state index contributed by atoms with van der Waals surface area (Å²) in [5, 5.41) is 8.70. The minimum atomic E-state index is -0.485. The first-order chi connectivity index (χ1) is 22.7. The summed E-state index contributed by atoms with van der Waals surface area (Å²) in [6.07, 6.45) is 0. The highest BCUT2D eigenvalue weighted by Gasteiger charge is 2.24. The molecule has 0 aliphatic heterocycles. The Balaban J connectivity index is 0.000000213. The number of rotatable bonds is 11. The number of ether oxygens (including phenoxy) is 3. The minimum absolute atomic E-state index is 0.0877. The van der Waals surface area contributed by atoms with Crippen molar-refractivity contribution in [1.82, 2.24) is 9.78 Å². The molecular weight excluding hydrogens is 637 g/mol. The van der Waals surface area contributed by atoms with Crippen molar-refractivity contribution in [3.63, 3.8) is 0 Å². The van der Waals surface area contributed by atoms with E-state index >= 15 is 0 Å². The number of benzene rings is 4. The van der Waals surface area contributed by atoms with Crippen molar-refractivity contribution in [2.45, 2.75) is 34.2 Å². The largest absolute Gasteiger partial charge is 0.462 e. The summed E-state index contributed by atoms with van der Waals surface area (Å²) >= 11 is 12.5. The van der Waals surface area contributed by atoms with Crippen molar-refractivity contribution in [1.29, 1.82) is 0 Å². The maximum atomic E-state index is 12.4. The number of carbonyl (C=O) groups is 2. The molecule has 1 heterocycles. The Hall–Kier alpha value is -4.63.